The second kappa shape index (κ2) is 7.68. The van der Waals surface area contributed by atoms with Gasteiger partial charge in [0.25, 0.3) is 5.91 Å². The molecule has 0 saturated carbocycles. The van der Waals surface area contributed by atoms with Crippen LogP contribution in [0, 0.1) is 13.8 Å². The Hall–Kier alpha value is -2.49. The number of ether oxygens (including phenoxy) is 2. The maximum absolute atomic E-state index is 12.4. The zero-order chi connectivity index (χ0) is 16.8. The number of aryl methyl sites for hydroxylation is 2. The number of hydrogen-bond donors (Lipinski definition) is 1. The molecule has 0 aliphatic heterocycles. The monoisotopic (exact) mass is 313 g/mol. The first kappa shape index (κ1) is 16.9. The predicted molar refractivity (Wildman–Crippen MR) is 92.2 cm³/mol. The lowest BCUT2D eigenvalue weighted by molar-refractivity contribution is -0.122. The smallest absolute Gasteiger partial charge is 0.265 e. The minimum absolute atomic E-state index is 0.186. The molecule has 0 aliphatic rings. The molecule has 1 atom stereocenters. The average Bonchev–Trinajstić information content (AvgIpc) is 2.53. The molecule has 122 valence electrons. The van der Waals surface area contributed by atoms with Crippen molar-refractivity contribution in [3.63, 3.8) is 0 Å². The van der Waals surface area contributed by atoms with Gasteiger partial charge in [-0.1, -0.05) is 30.3 Å². The van der Waals surface area contributed by atoms with Gasteiger partial charge in [-0.15, -0.1) is 0 Å². The molecule has 0 saturated heterocycles. The van der Waals surface area contributed by atoms with Crippen LogP contribution in [0.5, 0.6) is 11.5 Å². The van der Waals surface area contributed by atoms with Crippen molar-refractivity contribution in [3.05, 3.63) is 53.6 Å². The molecule has 0 aromatic heterocycles. The predicted octanol–water partition coefficient (Wildman–Crippen LogP) is 4.11. The van der Waals surface area contributed by atoms with Crippen LogP contribution in [-0.2, 0) is 4.79 Å². The van der Waals surface area contributed by atoms with Crippen LogP contribution >= 0.6 is 0 Å². The number of para-hydroxylation sites is 3. The van der Waals surface area contributed by atoms with Gasteiger partial charge in [0.15, 0.2) is 17.6 Å². The fraction of sp³-hybridized carbons (Fsp3) is 0.316. The van der Waals surface area contributed by atoms with E-state index in [0.29, 0.717) is 18.1 Å². The van der Waals surface area contributed by atoms with Crippen LogP contribution in [0.2, 0.25) is 0 Å². The molecule has 0 unspecified atom stereocenters. The first-order valence-electron chi connectivity index (χ1n) is 7.78. The summed E-state index contributed by atoms with van der Waals surface area (Å²) in [7, 11) is 0. The molecule has 2 aromatic rings. The van der Waals surface area contributed by atoms with Crippen molar-refractivity contribution in [3.8, 4) is 11.5 Å². The van der Waals surface area contributed by atoms with Crippen molar-refractivity contribution in [2.24, 2.45) is 0 Å². The summed E-state index contributed by atoms with van der Waals surface area (Å²) in [6, 6.07) is 13.3. The standard InChI is InChI=1S/C19H23NO3/c1-5-22-16-11-6-7-12-17(16)23-15(4)19(21)20-18-13(2)9-8-10-14(18)3/h6-12,15H,5H2,1-4H3,(H,20,21)/t15-/m1/s1. The van der Waals surface area contributed by atoms with Gasteiger partial charge < -0.3 is 14.8 Å². The van der Waals surface area contributed by atoms with E-state index in [1.165, 1.54) is 0 Å². The van der Waals surface area contributed by atoms with Crippen LogP contribution in [0.3, 0.4) is 0 Å². The Labute approximate surface area is 137 Å². The minimum Gasteiger partial charge on any atom is -0.490 e. The zero-order valence-corrected chi connectivity index (χ0v) is 14.1. The molecular weight excluding hydrogens is 290 g/mol. The van der Waals surface area contributed by atoms with Gasteiger partial charge in [-0.25, -0.2) is 0 Å². The quantitative estimate of drug-likeness (QED) is 0.873. The molecule has 0 heterocycles. The van der Waals surface area contributed by atoms with Crippen LogP contribution in [0.4, 0.5) is 5.69 Å². The van der Waals surface area contributed by atoms with E-state index in [0.717, 1.165) is 16.8 Å². The van der Waals surface area contributed by atoms with Crippen LogP contribution in [0.1, 0.15) is 25.0 Å². The molecule has 2 rings (SSSR count). The van der Waals surface area contributed by atoms with Gasteiger partial charge in [0, 0.05) is 5.69 Å². The van der Waals surface area contributed by atoms with Crippen molar-refractivity contribution in [1.29, 1.82) is 0 Å². The number of hydrogen-bond acceptors (Lipinski definition) is 3. The summed E-state index contributed by atoms with van der Waals surface area (Å²) in [5.41, 5.74) is 2.89. The molecule has 0 fully saturated rings. The van der Waals surface area contributed by atoms with E-state index in [9.17, 15) is 4.79 Å². The first-order valence-corrected chi connectivity index (χ1v) is 7.78. The lowest BCUT2D eigenvalue weighted by Gasteiger charge is -2.18. The number of anilines is 1. The summed E-state index contributed by atoms with van der Waals surface area (Å²) in [5.74, 6) is 1.02. The minimum atomic E-state index is -0.629. The van der Waals surface area contributed by atoms with E-state index < -0.39 is 6.10 Å². The highest BCUT2D eigenvalue weighted by Gasteiger charge is 2.18. The van der Waals surface area contributed by atoms with E-state index >= 15 is 0 Å². The Morgan fingerprint density at radius 1 is 1.04 bits per heavy atom. The number of carbonyl (C=O) groups is 1. The van der Waals surface area contributed by atoms with E-state index in [2.05, 4.69) is 5.32 Å². The van der Waals surface area contributed by atoms with E-state index in [4.69, 9.17) is 9.47 Å². The molecule has 0 aliphatic carbocycles. The molecule has 4 heteroatoms. The number of amides is 1. The third-order valence-electron chi connectivity index (χ3n) is 3.55. The highest BCUT2D eigenvalue weighted by molar-refractivity contribution is 5.95. The first-order chi connectivity index (χ1) is 11.0. The van der Waals surface area contributed by atoms with Crippen LogP contribution in [0.25, 0.3) is 0 Å². The topological polar surface area (TPSA) is 47.6 Å². The Morgan fingerprint density at radius 2 is 1.65 bits per heavy atom. The van der Waals surface area contributed by atoms with Gasteiger partial charge in [-0.3, -0.25) is 4.79 Å². The molecule has 1 N–H and O–H groups in total. The molecular formula is C19H23NO3. The van der Waals surface area contributed by atoms with Gasteiger partial charge >= 0.3 is 0 Å². The second-order valence-corrected chi connectivity index (χ2v) is 5.40. The second-order valence-electron chi connectivity index (χ2n) is 5.40. The third kappa shape index (κ3) is 4.25. The summed E-state index contributed by atoms with van der Waals surface area (Å²) < 4.78 is 11.3. The van der Waals surface area contributed by atoms with Gasteiger partial charge in [-0.05, 0) is 51.0 Å². The molecule has 2 aromatic carbocycles. The number of rotatable bonds is 6. The summed E-state index contributed by atoms with van der Waals surface area (Å²) >= 11 is 0. The van der Waals surface area contributed by atoms with Crippen molar-refractivity contribution < 1.29 is 14.3 Å². The summed E-state index contributed by atoms with van der Waals surface area (Å²) in [5, 5.41) is 2.95. The molecule has 23 heavy (non-hydrogen) atoms. The largest absolute Gasteiger partial charge is 0.490 e. The Bertz CT molecular complexity index is 662. The molecule has 0 bridgehead atoms. The Kier molecular flexibility index (Phi) is 5.63. The molecule has 0 spiro atoms. The lowest BCUT2D eigenvalue weighted by atomic mass is 10.1. The van der Waals surface area contributed by atoms with Gasteiger partial charge in [-0.2, -0.15) is 0 Å². The fourth-order valence-electron chi connectivity index (χ4n) is 2.30. The zero-order valence-electron chi connectivity index (χ0n) is 14.1. The number of nitrogens with one attached hydrogen (secondary N) is 1. The van der Waals surface area contributed by atoms with Crippen LogP contribution < -0.4 is 14.8 Å². The maximum atomic E-state index is 12.4. The SMILES string of the molecule is CCOc1ccccc1O[C@H](C)C(=O)Nc1c(C)cccc1C. The normalized spacial score (nSPS) is 11.7. The highest BCUT2D eigenvalue weighted by Crippen LogP contribution is 2.28. The number of benzene rings is 2. The number of carbonyl (C=O) groups excluding carboxylic acids is 1. The molecule has 0 radical (unpaired) electrons. The Morgan fingerprint density at radius 3 is 2.26 bits per heavy atom. The van der Waals surface area contributed by atoms with Gasteiger partial charge in [0.1, 0.15) is 0 Å². The summed E-state index contributed by atoms with van der Waals surface area (Å²) in [6.45, 7) is 8.12. The van der Waals surface area contributed by atoms with E-state index in [-0.39, 0.29) is 5.91 Å². The summed E-state index contributed by atoms with van der Waals surface area (Å²) in [4.78, 5) is 12.4. The lowest BCUT2D eigenvalue weighted by Crippen LogP contribution is -2.30. The molecule has 1 amide bonds. The summed E-state index contributed by atoms with van der Waals surface area (Å²) in [6.07, 6.45) is -0.629. The highest BCUT2D eigenvalue weighted by atomic mass is 16.5. The van der Waals surface area contributed by atoms with E-state index in [1.807, 2.05) is 57.2 Å². The van der Waals surface area contributed by atoms with Crippen molar-refractivity contribution in [2.45, 2.75) is 33.8 Å². The van der Waals surface area contributed by atoms with Crippen LogP contribution in [-0.4, -0.2) is 18.6 Å². The van der Waals surface area contributed by atoms with Crippen molar-refractivity contribution in [1.82, 2.24) is 0 Å². The van der Waals surface area contributed by atoms with Gasteiger partial charge in [0.2, 0.25) is 0 Å². The van der Waals surface area contributed by atoms with Crippen molar-refractivity contribution >= 4 is 11.6 Å². The maximum Gasteiger partial charge on any atom is 0.265 e. The Balaban J connectivity index is 2.09. The third-order valence-corrected chi connectivity index (χ3v) is 3.55. The molecule has 4 nitrogen and oxygen atoms in total. The average molecular weight is 313 g/mol. The van der Waals surface area contributed by atoms with Gasteiger partial charge in [0.05, 0.1) is 6.61 Å². The van der Waals surface area contributed by atoms with Crippen molar-refractivity contribution in [2.75, 3.05) is 11.9 Å². The van der Waals surface area contributed by atoms with Crippen LogP contribution in [0.15, 0.2) is 42.5 Å². The van der Waals surface area contributed by atoms with E-state index in [1.54, 1.807) is 13.0 Å². The fourth-order valence-corrected chi connectivity index (χ4v) is 2.30.